The summed E-state index contributed by atoms with van der Waals surface area (Å²) in [7, 11) is 0. The lowest BCUT2D eigenvalue weighted by atomic mass is 10.1. The Bertz CT molecular complexity index is 276. The standard InChI is InChI=1S/C12H18O/c1-9(2)8-13-12-6-5-10(3)11(4)7-12/h5-7,9H,8H2,1-4H3. The second-order valence-electron chi connectivity index (χ2n) is 3.95. The molecule has 0 unspecified atom stereocenters. The molecule has 0 aliphatic carbocycles. The summed E-state index contributed by atoms with van der Waals surface area (Å²) < 4.78 is 5.60. The Morgan fingerprint density at radius 3 is 2.38 bits per heavy atom. The van der Waals surface area contributed by atoms with Gasteiger partial charge >= 0.3 is 0 Å². The Morgan fingerprint density at radius 2 is 1.85 bits per heavy atom. The molecule has 0 aliphatic rings. The molecular weight excluding hydrogens is 160 g/mol. The monoisotopic (exact) mass is 178 g/mol. The molecule has 0 radical (unpaired) electrons. The normalized spacial score (nSPS) is 10.5. The smallest absolute Gasteiger partial charge is 0.119 e. The largest absolute Gasteiger partial charge is 0.493 e. The summed E-state index contributed by atoms with van der Waals surface area (Å²) in [5.41, 5.74) is 2.61. The van der Waals surface area contributed by atoms with Gasteiger partial charge in [0.25, 0.3) is 0 Å². The van der Waals surface area contributed by atoms with Crippen molar-refractivity contribution in [1.29, 1.82) is 0 Å². The van der Waals surface area contributed by atoms with Crippen molar-refractivity contribution < 1.29 is 4.74 Å². The molecule has 0 amide bonds. The van der Waals surface area contributed by atoms with Crippen molar-refractivity contribution >= 4 is 0 Å². The zero-order chi connectivity index (χ0) is 9.84. The minimum atomic E-state index is 0.585. The van der Waals surface area contributed by atoms with Crippen molar-refractivity contribution in [2.24, 2.45) is 5.92 Å². The van der Waals surface area contributed by atoms with Crippen molar-refractivity contribution in [3.63, 3.8) is 0 Å². The molecule has 1 aromatic rings. The molecule has 0 aliphatic heterocycles. The van der Waals surface area contributed by atoms with E-state index in [1.165, 1.54) is 11.1 Å². The third-order valence-corrected chi connectivity index (χ3v) is 2.06. The highest BCUT2D eigenvalue weighted by Gasteiger charge is 1.98. The first-order valence-electron chi connectivity index (χ1n) is 4.79. The summed E-state index contributed by atoms with van der Waals surface area (Å²) in [6, 6.07) is 6.23. The summed E-state index contributed by atoms with van der Waals surface area (Å²) in [4.78, 5) is 0. The first-order valence-corrected chi connectivity index (χ1v) is 4.79. The van der Waals surface area contributed by atoms with Crippen LogP contribution in [-0.2, 0) is 0 Å². The van der Waals surface area contributed by atoms with Crippen LogP contribution in [0.25, 0.3) is 0 Å². The van der Waals surface area contributed by atoms with E-state index in [9.17, 15) is 0 Å². The third kappa shape index (κ3) is 3.10. The molecule has 1 aromatic carbocycles. The van der Waals surface area contributed by atoms with Crippen LogP contribution >= 0.6 is 0 Å². The number of aryl methyl sites for hydroxylation is 2. The van der Waals surface area contributed by atoms with Crippen molar-refractivity contribution in [3.05, 3.63) is 29.3 Å². The molecule has 0 aromatic heterocycles. The van der Waals surface area contributed by atoms with E-state index in [0.717, 1.165) is 12.4 Å². The maximum absolute atomic E-state index is 5.60. The van der Waals surface area contributed by atoms with Gasteiger partial charge in [-0.05, 0) is 43.0 Å². The minimum Gasteiger partial charge on any atom is -0.493 e. The molecule has 1 nitrogen and oxygen atoms in total. The molecule has 0 saturated heterocycles. The van der Waals surface area contributed by atoms with E-state index >= 15 is 0 Å². The van der Waals surface area contributed by atoms with Crippen LogP contribution in [0.3, 0.4) is 0 Å². The van der Waals surface area contributed by atoms with Crippen LogP contribution in [0.2, 0.25) is 0 Å². The molecule has 1 rings (SSSR count). The number of hydrogen-bond acceptors (Lipinski definition) is 1. The molecule has 0 saturated carbocycles. The van der Waals surface area contributed by atoms with E-state index in [1.54, 1.807) is 0 Å². The average Bonchev–Trinajstić information content (AvgIpc) is 2.07. The lowest BCUT2D eigenvalue weighted by Crippen LogP contribution is -2.04. The van der Waals surface area contributed by atoms with Crippen LogP contribution in [0.4, 0.5) is 0 Å². The predicted octanol–water partition coefficient (Wildman–Crippen LogP) is 3.34. The molecule has 72 valence electrons. The minimum absolute atomic E-state index is 0.585. The summed E-state index contributed by atoms with van der Waals surface area (Å²) in [6.45, 7) is 9.32. The van der Waals surface area contributed by atoms with Gasteiger partial charge in [0, 0.05) is 0 Å². The molecule has 0 fully saturated rings. The summed E-state index contributed by atoms with van der Waals surface area (Å²) >= 11 is 0. The lowest BCUT2D eigenvalue weighted by molar-refractivity contribution is 0.271. The zero-order valence-electron chi connectivity index (χ0n) is 8.92. The number of rotatable bonds is 3. The molecule has 13 heavy (non-hydrogen) atoms. The average molecular weight is 178 g/mol. The number of ether oxygens (including phenoxy) is 1. The van der Waals surface area contributed by atoms with Gasteiger partial charge in [-0.2, -0.15) is 0 Å². The van der Waals surface area contributed by atoms with E-state index in [1.807, 2.05) is 6.07 Å². The van der Waals surface area contributed by atoms with Crippen molar-refractivity contribution in [1.82, 2.24) is 0 Å². The zero-order valence-corrected chi connectivity index (χ0v) is 8.92. The van der Waals surface area contributed by atoms with Gasteiger partial charge in [-0.1, -0.05) is 19.9 Å². The molecule has 0 spiro atoms. The van der Waals surface area contributed by atoms with Gasteiger partial charge in [0.05, 0.1) is 6.61 Å². The second-order valence-corrected chi connectivity index (χ2v) is 3.95. The summed E-state index contributed by atoms with van der Waals surface area (Å²) in [5.74, 6) is 1.57. The molecular formula is C12H18O. The Kier molecular flexibility index (Phi) is 3.35. The highest BCUT2D eigenvalue weighted by Crippen LogP contribution is 2.16. The van der Waals surface area contributed by atoms with Crippen LogP contribution in [-0.4, -0.2) is 6.61 Å². The number of hydrogen-bond donors (Lipinski definition) is 0. The number of benzene rings is 1. The Morgan fingerprint density at radius 1 is 1.15 bits per heavy atom. The Labute approximate surface area is 80.7 Å². The highest BCUT2D eigenvalue weighted by atomic mass is 16.5. The fourth-order valence-corrected chi connectivity index (χ4v) is 1.07. The molecule has 0 bridgehead atoms. The van der Waals surface area contributed by atoms with Crippen molar-refractivity contribution in [3.8, 4) is 5.75 Å². The summed E-state index contributed by atoms with van der Waals surface area (Å²) in [5, 5.41) is 0. The van der Waals surface area contributed by atoms with Gasteiger partial charge in [0.1, 0.15) is 5.75 Å². The van der Waals surface area contributed by atoms with Gasteiger partial charge in [-0.15, -0.1) is 0 Å². The fraction of sp³-hybridized carbons (Fsp3) is 0.500. The molecule has 0 atom stereocenters. The van der Waals surface area contributed by atoms with E-state index in [0.29, 0.717) is 5.92 Å². The Hall–Kier alpha value is -0.980. The summed E-state index contributed by atoms with van der Waals surface area (Å²) in [6.07, 6.45) is 0. The first-order chi connectivity index (χ1) is 6.09. The Balaban J connectivity index is 2.63. The van der Waals surface area contributed by atoms with Crippen LogP contribution in [0.1, 0.15) is 25.0 Å². The quantitative estimate of drug-likeness (QED) is 0.689. The van der Waals surface area contributed by atoms with E-state index in [-0.39, 0.29) is 0 Å². The van der Waals surface area contributed by atoms with Crippen LogP contribution in [0.15, 0.2) is 18.2 Å². The fourth-order valence-electron chi connectivity index (χ4n) is 1.07. The molecule has 1 heteroatoms. The van der Waals surface area contributed by atoms with Gasteiger partial charge in [-0.3, -0.25) is 0 Å². The van der Waals surface area contributed by atoms with Crippen molar-refractivity contribution in [2.45, 2.75) is 27.7 Å². The molecule has 0 heterocycles. The van der Waals surface area contributed by atoms with E-state index < -0.39 is 0 Å². The highest BCUT2D eigenvalue weighted by molar-refractivity contribution is 5.33. The SMILES string of the molecule is Cc1ccc(OCC(C)C)cc1C. The van der Waals surface area contributed by atoms with Gasteiger partial charge in [0.2, 0.25) is 0 Å². The van der Waals surface area contributed by atoms with Gasteiger partial charge in [0.15, 0.2) is 0 Å². The van der Waals surface area contributed by atoms with Gasteiger partial charge < -0.3 is 4.74 Å². The maximum Gasteiger partial charge on any atom is 0.119 e. The van der Waals surface area contributed by atoms with E-state index in [4.69, 9.17) is 4.74 Å². The lowest BCUT2D eigenvalue weighted by Gasteiger charge is -2.09. The van der Waals surface area contributed by atoms with Crippen LogP contribution in [0, 0.1) is 19.8 Å². The maximum atomic E-state index is 5.60. The second kappa shape index (κ2) is 4.31. The van der Waals surface area contributed by atoms with Crippen molar-refractivity contribution in [2.75, 3.05) is 6.61 Å². The predicted molar refractivity (Wildman–Crippen MR) is 56.2 cm³/mol. The van der Waals surface area contributed by atoms with E-state index in [2.05, 4.69) is 39.8 Å². The first kappa shape index (κ1) is 10.1. The topological polar surface area (TPSA) is 9.23 Å². The molecule has 0 N–H and O–H groups in total. The van der Waals surface area contributed by atoms with Crippen LogP contribution in [0.5, 0.6) is 5.75 Å². The third-order valence-electron chi connectivity index (χ3n) is 2.06. The van der Waals surface area contributed by atoms with Gasteiger partial charge in [-0.25, -0.2) is 0 Å². The van der Waals surface area contributed by atoms with Crippen LogP contribution < -0.4 is 4.74 Å².